The zero-order valence-electron chi connectivity index (χ0n) is 9.37. The minimum atomic E-state index is -0.189. The molecule has 2 aliphatic rings. The Labute approximate surface area is 100 Å². The van der Waals surface area contributed by atoms with Gasteiger partial charge in [-0.1, -0.05) is 13.0 Å². The van der Waals surface area contributed by atoms with Gasteiger partial charge in [0.15, 0.2) is 0 Å². The van der Waals surface area contributed by atoms with Crippen molar-refractivity contribution >= 4 is 17.7 Å². The topological polar surface area (TPSA) is 67.1 Å². The molecule has 2 rings (SSSR count). The lowest BCUT2D eigenvalue weighted by molar-refractivity contribution is -0.118. The molecular weight excluding hydrogens is 222 g/mol. The Bertz CT molecular complexity index is 295. The van der Waals surface area contributed by atoms with Crippen LogP contribution in [-0.2, 0) is 4.79 Å². The molecule has 0 aliphatic carbocycles. The number of nitrogens with two attached hydrogens (primary N) is 1. The van der Waals surface area contributed by atoms with Gasteiger partial charge >= 0.3 is 0 Å². The van der Waals surface area contributed by atoms with Gasteiger partial charge in [-0.05, 0) is 12.8 Å². The predicted octanol–water partition coefficient (Wildman–Crippen LogP) is 0.549. The minimum Gasteiger partial charge on any atom is -0.370 e. The summed E-state index contributed by atoms with van der Waals surface area (Å²) in [6.07, 6.45) is 3.67. The summed E-state index contributed by atoms with van der Waals surface area (Å²) in [6, 6.07) is 1.06. The van der Waals surface area contributed by atoms with E-state index in [9.17, 15) is 4.79 Å². The van der Waals surface area contributed by atoms with Crippen molar-refractivity contribution in [2.75, 3.05) is 5.75 Å². The number of carbonyl (C=O) groups excluding carboxylic acids is 1. The van der Waals surface area contributed by atoms with E-state index < -0.39 is 0 Å². The predicted molar refractivity (Wildman–Crippen MR) is 66.9 cm³/mol. The third-order valence-electron chi connectivity index (χ3n) is 3.19. The highest BCUT2D eigenvalue weighted by Gasteiger charge is 2.40. The average molecular weight is 241 g/mol. The van der Waals surface area contributed by atoms with Crippen molar-refractivity contribution in [2.45, 2.75) is 43.0 Å². The Hall–Kier alpha value is -0.840. The number of hydrogen-bond acceptors (Lipinski definition) is 4. The highest BCUT2D eigenvalue weighted by atomic mass is 32.2. The molecule has 0 unspecified atom stereocenters. The van der Waals surface area contributed by atoms with Crippen molar-refractivity contribution in [3.8, 4) is 0 Å². The summed E-state index contributed by atoms with van der Waals surface area (Å²) in [4.78, 5) is 10.6. The molecule has 4 N–H and O–H groups in total. The number of nitrogens with one attached hydrogen (secondary N) is 2. The van der Waals surface area contributed by atoms with E-state index in [0.717, 1.165) is 30.8 Å². The standard InChI is InChI=1S/C11H19N3OS/c1-7-13-8-6-16-9(11(8)14-7)4-2-3-5-10(12)15/h8-9,11,13-14H,1-6H2,(H2,12,15)/t8-,9-,11-/m0/s1. The average Bonchev–Trinajstić information content (AvgIpc) is 2.72. The Morgan fingerprint density at radius 1 is 1.50 bits per heavy atom. The summed E-state index contributed by atoms with van der Waals surface area (Å²) >= 11 is 2.01. The highest BCUT2D eigenvalue weighted by Crippen LogP contribution is 2.34. The largest absolute Gasteiger partial charge is 0.370 e. The highest BCUT2D eigenvalue weighted by molar-refractivity contribution is 8.00. The van der Waals surface area contributed by atoms with Crippen LogP contribution in [0.15, 0.2) is 12.4 Å². The van der Waals surface area contributed by atoms with Gasteiger partial charge in [0.25, 0.3) is 0 Å². The maximum atomic E-state index is 10.6. The van der Waals surface area contributed by atoms with Gasteiger partial charge in [0, 0.05) is 17.4 Å². The van der Waals surface area contributed by atoms with Crippen LogP contribution in [0.3, 0.4) is 0 Å². The molecule has 2 saturated heterocycles. The Morgan fingerprint density at radius 2 is 2.31 bits per heavy atom. The number of thioether (sulfide) groups is 1. The monoisotopic (exact) mass is 241 g/mol. The van der Waals surface area contributed by atoms with Crippen LogP contribution < -0.4 is 16.4 Å². The summed E-state index contributed by atoms with van der Waals surface area (Å²) in [7, 11) is 0. The first-order chi connectivity index (χ1) is 7.66. The molecule has 0 aromatic heterocycles. The van der Waals surface area contributed by atoms with Gasteiger partial charge in [0.05, 0.1) is 17.9 Å². The van der Waals surface area contributed by atoms with E-state index in [1.165, 1.54) is 0 Å². The Balaban J connectivity index is 1.70. The maximum absolute atomic E-state index is 10.6. The van der Waals surface area contributed by atoms with E-state index in [0.29, 0.717) is 23.8 Å². The van der Waals surface area contributed by atoms with Crippen LogP contribution >= 0.6 is 11.8 Å². The van der Waals surface area contributed by atoms with Crippen LogP contribution in [0.5, 0.6) is 0 Å². The molecule has 2 fully saturated rings. The third-order valence-corrected chi connectivity index (χ3v) is 4.69. The summed E-state index contributed by atoms with van der Waals surface area (Å²) in [5.41, 5.74) is 5.11. The van der Waals surface area contributed by atoms with Crippen LogP contribution in [0, 0.1) is 0 Å². The van der Waals surface area contributed by atoms with Gasteiger partial charge < -0.3 is 16.4 Å². The van der Waals surface area contributed by atoms with E-state index in [-0.39, 0.29) is 5.91 Å². The van der Waals surface area contributed by atoms with Gasteiger partial charge in [0.2, 0.25) is 5.91 Å². The number of unbranched alkanes of at least 4 members (excludes halogenated alkanes) is 1. The van der Waals surface area contributed by atoms with Crippen molar-refractivity contribution in [1.82, 2.24) is 10.6 Å². The number of rotatable bonds is 5. The fraction of sp³-hybridized carbons (Fsp3) is 0.727. The molecule has 16 heavy (non-hydrogen) atoms. The zero-order chi connectivity index (χ0) is 11.5. The lowest BCUT2D eigenvalue weighted by Gasteiger charge is -2.16. The molecule has 0 saturated carbocycles. The SMILES string of the molecule is C=C1N[C@H]2[C@H](CS[C@H]2CCCCC(N)=O)N1. The van der Waals surface area contributed by atoms with Crippen LogP contribution in [0.4, 0.5) is 0 Å². The molecule has 3 atom stereocenters. The minimum absolute atomic E-state index is 0.189. The molecule has 0 spiro atoms. The Morgan fingerprint density at radius 3 is 3.06 bits per heavy atom. The fourth-order valence-corrected chi connectivity index (χ4v) is 3.94. The molecule has 2 aliphatic heterocycles. The van der Waals surface area contributed by atoms with E-state index in [2.05, 4.69) is 17.2 Å². The van der Waals surface area contributed by atoms with Gasteiger partial charge in [0.1, 0.15) is 0 Å². The Kier molecular flexibility index (Phi) is 3.63. The van der Waals surface area contributed by atoms with Gasteiger partial charge in [-0.25, -0.2) is 0 Å². The normalized spacial score (nSPS) is 32.0. The maximum Gasteiger partial charge on any atom is 0.217 e. The third kappa shape index (κ3) is 2.64. The molecule has 0 radical (unpaired) electrons. The van der Waals surface area contributed by atoms with Crippen LogP contribution in [-0.4, -0.2) is 29.0 Å². The fourth-order valence-electron chi connectivity index (χ4n) is 2.39. The summed E-state index contributed by atoms with van der Waals surface area (Å²) < 4.78 is 0. The summed E-state index contributed by atoms with van der Waals surface area (Å²) in [6.45, 7) is 3.90. The number of primary amides is 1. The molecule has 5 heteroatoms. The van der Waals surface area contributed by atoms with Crippen LogP contribution in [0.25, 0.3) is 0 Å². The van der Waals surface area contributed by atoms with E-state index >= 15 is 0 Å². The second-order valence-corrected chi connectivity index (χ2v) is 5.76. The van der Waals surface area contributed by atoms with Crippen molar-refractivity contribution in [3.05, 3.63) is 12.4 Å². The van der Waals surface area contributed by atoms with Crippen molar-refractivity contribution < 1.29 is 4.79 Å². The van der Waals surface area contributed by atoms with Crippen LogP contribution in [0.2, 0.25) is 0 Å². The first-order valence-corrected chi connectivity index (χ1v) is 6.83. The van der Waals surface area contributed by atoms with E-state index in [1.807, 2.05) is 11.8 Å². The number of fused-ring (bicyclic) bond motifs is 1. The van der Waals surface area contributed by atoms with Crippen molar-refractivity contribution in [3.63, 3.8) is 0 Å². The second-order valence-electron chi connectivity index (χ2n) is 4.48. The van der Waals surface area contributed by atoms with Gasteiger partial charge in [-0.2, -0.15) is 11.8 Å². The van der Waals surface area contributed by atoms with Crippen molar-refractivity contribution in [1.29, 1.82) is 0 Å². The number of carbonyl (C=O) groups is 1. The molecule has 2 heterocycles. The summed E-state index contributed by atoms with van der Waals surface area (Å²) in [5, 5.41) is 7.39. The molecule has 0 aromatic carbocycles. The van der Waals surface area contributed by atoms with Crippen LogP contribution in [0.1, 0.15) is 25.7 Å². The number of hydrogen-bond donors (Lipinski definition) is 3. The second kappa shape index (κ2) is 4.99. The summed E-state index contributed by atoms with van der Waals surface area (Å²) in [5.74, 6) is 1.92. The van der Waals surface area contributed by atoms with Gasteiger partial charge in [-0.15, -0.1) is 0 Å². The van der Waals surface area contributed by atoms with E-state index in [1.54, 1.807) is 0 Å². The first-order valence-electron chi connectivity index (χ1n) is 5.78. The first kappa shape index (κ1) is 11.6. The smallest absolute Gasteiger partial charge is 0.217 e. The van der Waals surface area contributed by atoms with Gasteiger partial charge in [-0.3, -0.25) is 4.79 Å². The molecular formula is C11H19N3OS. The van der Waals surface area contributed by atoms with Crippen molar-refractivity contribution in [2.24, 2.45) is 5.73 Å². The molecule has 90 valence electrons. The van der Waals surface area contributed by atoms with E-state index in [4.69, 9.17) is 5.73 Å². The quantitative estimate of drug-likeness (QED) is 0.615. The lowest BCUT2D eigenvalue weighted by Crippen LogP contribution is -2.36. The molecule has 0 aromatic rings. The zero-order valence-corrected chi connectivity index (χ0v) is 10.2. The molecule has 0 bridgehead atoms. The number of amides is 1. The lowest BCUT2D eigenvalue weighted by atomic mass is 10.0. The molecule has 1 amide bonds. The molecule has 4 nitrogen and oxygen atoms in total.